The summed E-state index contributed by atoms with van der Waals surface area (Å²) in [7, 11) is 0. The normalized spacial score (nSPS) is 16.2. The van der Waals surface area contributed by atoms with Crippen LogP contribution in [-0.2, 0) is 11.3 Å². The van der Waals surface area contributed by atoms with E-state index in [2.05, 4.69) is 12.0 Å². The monoisotopic (exact) mass is 238 g/mol. The highest BCUT2D eigenvalue weighted by Crippen LogP contribution is 2.13. The lowest BCUT2D eigenvalue weighted by atomic mass is 10.2. The van der Waals surface area contributed by atoms with Crippen LogP contribution in [-0.4, -0.2) is 46.9 Å². The van der Waals surface area contributed by atoms with Crippen molar-refractivity contribution in [1.29, 1.82) is 0 Å². The van der Waals surface area contributed by atoms with Crippen molar-refractivity contribution in [2.45, 2.75) is 19.9 Å². The third-order valence-electron chi connectivity index (χ3n) is 2.77. The van der Waals surface area contributed by atoms with Crippen LogP contribution in [0.4, 0.5) is 5.82 Å². The van der Waals surface area contributed by atoms with Gasteiger partial charge in [0.15, 0.2) is 5.82 Å². The maximum Gasteiger partial charge on any atom is 0.259 e. The van der Waals surface area contributed by atoms with Gasteiger partial charge >= 0.3 is 0 Å². The largest absolute Gasteiger partial charge is 0.382 e. The van der Waals surface area contributed by atoms with Crippen LogP contribution in [0.5, 0.6) is 0 Å². The van der Waals surface area contributed by atoms with Crippen molar-refractivity contribution in [3.63, 3.8) is 0 Å². The molecule has 0 bridgehead atoms. The Morgan fingerprint density at radius 1 is 1.53 bits per heavy atom. The van der Waals surface area contributed by atoms with Crippen molar-refractivity contribution >= 4 is 11.7 Å². The number of carbonyl (C=O) groups excluding carboxylic acids is 1. The van der Waals surface area contributed by atoms with Crippen molar-refractivity contribution < 1.29 is 9.53 Å². The van der Waals surface area contributed by atoms with Crippen molar-refractivity contribution in [3.05, 3.63) is 11.8 Å². The first kappa shape index (κ1) is 11.9. The van der Waals surface area contributed by atoms with Crippen LogP contribution in [0.1, 0.15) is 23.7 Å². The van der Waals surface area contributed by atoms with E-state index in [9.17, 15) is 4.79 Å². The summed E-state index contributed by atoms with van der Waals surface area (Å²) >= 11 is 0. The molecule has 1 aliphatic rings. The molecular weight excluding hydrogens is 220 g/mol. The molecule has 0 radical (unpaired) electrons. The van der Waals surface area contributed by atoms with E-state index in [1.54, 1.807) is 15.8 Å². The standard InChI is InChI=1S/C11H18N4O2/c1-2-3-15-8-9(10(12)13-15)11(16)14-4-6-17-7-5-14/h8H,2-7H2,1H3,(H2,12,13). The number of morpholine rings is 1. The van der Waals surface area contributed by atoms with Crippen LogP contribution in [0.2, 0.25) is 0 Å². The first-order valence-electron chi connectivity index (χ1n) is 5.92. The Kier molecular flexibility index (Phi) is 3.63. The Labute approximate surface area is 100 Å². The quantitative estimate of drug-likeness (QED) is 0.824. The molecule has 6 heteroatoms. The number of ether oxygens (including phenoxy) is 1. The molecule has 2 heterocycles. The van der Waals surface area contributed by atoms with Crippen molar-refractivity contribution in [1.82, 2.24) is 14.7 Å². The molecule has 0 unspecified atom stereocenters. The minimum atomic E-state index is -0.0480. The summed E-state index contributed by atoms with van der Waals surface area (Å²) in [5.74, 6) is 0.267. The second kappa shape index (κ2) is 5.18. The second-order valence-corrected chi connectivity index (χ2v) is 4.10. The lowest BCUT2D eigenvalue weighted by molar-refractivity contribution is 0.0303. The lowest BCUT2D eigenvalue weighted by Gasteiger charge is -2.26. The summed E-state index contributed by atoms with van der Waals surface area (Å²) in [5, 5.41) is 4.13. The molecular formula is C11H18N4O2. The van der Waals surface area contributed by atoms with Crippen molar-refractivity contribution in [2.75, 3.05) is 32.0 Å². The van der Waals surface area contributed by atoms with E-state index in [1.807, 2.05) is 0 Å². The molecule has 6 nitrogen and oxygen atoms in total. The summed E-state index contributed by atoms with van der Waals surface area (Å²) in [6.07, 6.45) is 2.70. The van der Waals surface area contributed by atoms with Crippen molar-refractivity contribution in [2.24, 2.45) is 0 Å². The minimum Gasteiger partial charge on any atom is -0.382 e. The fourth-order valence-electron chi connectivity index (χ4n) is 1.88. The van der Waals surface area contributed by atoms with E-state index < -0.39 is 0 Å². The Bertz CT molecular complexity index is 396. The van der Waals surface area contributed by atoms with E-state index in [1.165, 1.54) is 0 Å². The SMILES string of the molecule is CCCn1cc(C(=O)N2CCOCC2)c(N)n1. The Morgan fingerprint density at radius 3 is 2.88 bits per heavy atom. The fourth-order valence-corrected chi connectivity index (χ4v) is 1.88. The molecule has 0 aliphatic carbocycles. The molecule has 1 fully saturated rings. The van der Waals surface area contributed by atoms with Crippen LogP contribution in [0.25, 0.3) is 0 Å². The zero-order valence-corrected chi connectivity index (χ0v) is 10.1. The number of nitrogens with two attached hydrogens (primary N) is 1. The number of carbonyl (C=O) groups is 1. The van der Waals surface area contributed by atoms with Gasteiger partial charge in [-0.2, -0.15) is 5.10 Å². The van der Waals surface area contributed by atoms with E-state index >= 15 is 0 Å². The van der Waals surface area contributed by atoms with Gasteiger partial charge < -0.3 is 15.4 Å². The first-order valence-corrected chi connectivity index (χ1v) is 5.92. The molecule has 0 saturated carbocycles. The molecule has 94 valence electrons. The number of rotatable bonds is 3. The molecule has 17 heavy (non-hydrogen) atoms. The predicted octanol–water partition coefficient (Wildman–Crippen LogP) is 0.348. The number of nitrogen functional groups attached to an aromatic ring is 1. The summed E-state index contributed by atoms with van der Waals surface area (Å²) in [5.41, 5.74) is 6.27. The average Bonchev–Trinajstić information content (AvgIpc) is 2.71. The van der Waals surface area contributed by atoms with Gasteiger partial charge in [0.05, 0.1) is 13.2 Å². The zero-order valence-electron chi connectivity index (χ0n) is 10.1. The number of aryl methyl sites for hydroxylation is 1. The van der Waals surface area contributed by atoms with Crippen LogP contribution in [0.15, 0.2) is 6.20 Å². The smallest absolute Gasteiger partial charge is 0.259 e. The van der Waals surface area contributed by atoms with Gasteiger partial charge in [-0.05, 0) is 6.42 Å². The van der Waals surface area contributed by atoms with E-state index in [0.29, 0.717) is 37.7 Å². The molecule has 1 aromatic heterocycles. The summed E-state index contributed by atoms with van der Waals surface area (Å²) in [6, 6.07) is 0. The summed E-state index contributed by atoms with van der Waals surface area (Å²) < 4.78 is 6.94. The van der Waals surface area contributed by atoms with E-state index in [4.69, 9.17) is 10.5 Å². The molecule has 1 amide bonds. The van der Waals surface area contributed by atoms with Crippen LogP contribution >= 0.6 is 0 Å². The third kappa shape index (κ3) is 2.58. The van der Waals surface area contributed by atoms with Gasteiger partial charge in [0.1, 0.15) is 5.56 Å². The summed E-state index contributed by atoms with van der Waals surface area (Å²) in [6.45, 7) is 5.26. The maximum atomic E-state index is 12.2. The van der Waals surface area contributed by atoms with Gasteiger partial charge in [-0.3, -0.25) is 9.48 Å². The number of aromatic nitrogens is 2. The highest BCUT2D eigenvalue weighted by atomic mass is 16.5. The van der Waals surface area contributed by atoms with Gasteiger partial charge in [0.25, 0.3) is 5.91 Å². The van der Waals surface area contributed by atoms with Crippen LogP contribution < -0.4 is 5.73 Å². The number of hydrogen-bond donors (Lipinski definition) is 1. The highest BCUT2D eigenvalue weighted by Gasteiger charge is 2.22. The highest BCUT2D eigenvalue weighted by molar-refractivity contribution is 5.98. The van der Waals surface area contributed by atoms with E-state index in [0.717, 1.165) is 13.0 Å². The van der Waals surface area contributed by atoms with Crippen LogP contribution in [0, 0.1) is 0 Å². The Morgan fingerprint density at radius 2 is 2.24 bits per heavy atom. The summed E-state index contributed by atoms with van der Waals surface area (Å²) in [4.78, 5) is 13.9. The number of anilines is 1. The predicted molar refractivity (Wildman–Crippen MR) is 63.7 cm³/mol. The van der Waals surface area contributed by atoms with Crippen molar-refractivity contribution in [3.8, 4) is 0 Å². The lowest BCUT2D eigenvalue weighted by Crippen LogP contribution is -2.40. The van der Waals surface area contributed by atoms with Gasteiger partial charge in [-0.25, -0.2) is 0 Å². The third-order valence-corrected chi connectivity index (χ3v) is 2.77. The number of amides is 1. The Balaban J connectivity index is 2.12. The van der Waals surface area contributed by atoms with E-state index in [-0.39, 0.29) is 5.91 Å². The molecule has 1 saturated heterocycles. The number of hydrogen-bond acceptors (Lipinski definition) is 4. The van der Waals surface area contributed by atoms with Gasteiger partial charge in [0, 0.05) is 25.8 Å². The molecule has 1 aromatic rings. The van der Waals surface area contributed by atoms with Gasteiger partial charge in [-0.15, -0.1) is 0 Å². The molecule has 0 atom stereocenters. The molecule has 2 rings (SSSR count). The second-order valence-electron chi connectivity index (χ2n) is 4.10. The zero-order chi connectivity index (χ0) is 12.3. The average molecular weight is 238 g/mol. The number of nitrogens with zero attached hydrogens (tertiary/aromatic N) is 3. The minimum absolute atomic E-state index is 0.0480. The maximum absolute atomic E-state index is 12.2. The van der Waals surface area contributed by atoms with Crippen LogP contribution in [0.3, 0.4) is 0 Å². The fraction of sp³-hybridized carbons (Fsp3) is 0.636. The Hall–Kier alpha value is -1.56. The molecule has 2 N–H and O–H groups in total. The van der Waals surface area contributed by atoms with Gasteiger partial charge in [-0.1, -0.05) is 6.92 Å². The topological polar surface area (TPSA) is 73.4 Å². The molecule has 0 aromatic carbocycles. The molecule has 1 aliphatic heterocycles. The van der Waals surface area contributed by atoms with Gasteiger partial charge in [0.2, 0.25) is 0 Å². The molecule has 0 spiro atoms. The first-order chi connectivity index (χ1) is 8.22.